The third-order valence-electron chi connectivity index (χ3n) is 4.75. The monoisotopic (exact) mass is 448 g/mol. The number of nitrogens with one attached hydrogen (secondary N) is 1. The third-order valence-corrected chi connectivity index (χ3v) is 5.00. The highest BCUT2D eigenvalue weighted by Gasteiger charge is 2.30. The van der Waals surface area contributed by atoms with Gasteiger partial charge in [-0.05, 0) is 61.9 Å². The summed E-state index contributed by atoms with van der Waals surface area (Å²) in [6.45, 7) is 3.41. The SMILES string of the molecule is CC(C)(Oc1ccc(Cl)cc1)C(=O)Nc1ccccc1Cc1nc(-c2ccncc2)no1. The number of ether oxygens (including phenoxy) is 1. The molecule has 2 aromatic carbocycles. The molecule has 0 fully saturated rings. The van der Waals surface area contributed by atoms with Gasteiger partial charge in [0.05, 0.1) is 6.42 Å². The van der Waals surface area contributed by atoms with Crippen LogP contribution < -0.4 is 10.1 Å². The van der Waals surface area contributed by atoms with Gasteiger partial charge in [-0.2, -0.15) is 4.98 Å². The summed E-state index contributed by atoms with van der Waals surface area (Å²) in [6, 6.07) is 18.0. The first kappa shape index (κ1) is 21.5. The number of anilines is 1. The van der Waals surface area contributed by atoms with Crippen molar-refractivity contribution in [3.63, 3.8) is 0 Å². The van der Waals surface area contributed by atoms with E-state index >= 15 is 0 Å². The molecule has 2 heterocycles. The summed E-state index contributed by atoms with van der Waals surface area (Å²) in [4.78, 5) is 21.4. The fourth-order valence-electron chi connectivity index (χ4n) is 3.02. The Balaban J connectivity index is 1.48. The molecule has 0 aliphatic carbocycles. The van der Waals surface area contributed by atoms with E-state index < -0.39 is 5.60 Å². The maximum Gasteiger partial charge on any atom is 0.267 e. The maximum atomic E-state index is 13.0. The van der Waals surface area contributed by atoms with Crippen molar-refractivity contribution in [1.29, 1.82) is 0 Å². The van der Waals surface area contributed by atoms with E-state index in [2.05, 4.69) is 20.4 Å². The van der Waals surface area contributed by atoms with Crippen LogP contribution in [0.4, 0.5) is 5.69 Å². The van der Waals surface area contributed by atoms with E-state index in [1.807, 2.05) is 36.4 Å². The Bertz CT molecular complexity index is 1210. The fourth-order valence-corrected chi connectivity index (χ4v) is 3.15. The van der Waals surface area contributed by atoms with Gasteiger partial charge in [0.25, 0.3) is 5.91 Å². The van der Waals surface area contributed by atoms with Gasteiger partial charge in [-0.25, -0.2) is 0 Å². The first-order chi connectivity index (χ1) is 15.4. The van der Waals surface area contributed by atoms with Gasteiger partial charge in [-0.3, -0.25) is 9.78 Å². The molecule has 0 radical (unpaired) electrons. The quantitative estimate of drug-likeness (QED) is 0.419. The number of amides is 1. The van der Waals surface area contributed by atoms with E-state index in [1.54, 1.807) is 50.5 Å². The van der Waals surface area contributed by atoms with Gasteiger partial charge in [0.2, 0.25) is 11.7 Å². The van der Waals surface area contributed by atoms with Crippen LogP contribution in [0.2, 0.25) is 5.02 Å². The summed E-state index contributed by atoms with van der Waals surface area (Å²) in [5.41, 5.74) is 1.19. The second kappa shape index (κ2) is 9.20. The lowest BCUT2D eigenvalue weighted by Gasteiger charge is -2.26. The number of hydrogen-bond acceptors (Lipinski definition) is 6. The number of pyridine rings is 1. The minimum Gasteiger partial charge on any atom is -0.478 e. The average molecular weight is 449 g/mol. The maximum absolute atomic E-state index is 13.0. The highest BCUT2D eigenvalue weighted by atomic mass is 35.5. The van der Waals surface area contributed by atoms with Gasteiger partial charge < -0.3 is 14.6 Å². The summed E-state index contributed by atoms with van der Waals surface area (Å²) in [5.74, 6) is 1.19. The lowest BCUT2D eigenvalue weighted by molar-refractivity contribution is -0.128. The third kappa shape index (κ3) is 5.12. The molecule has 4 rings (SSSR count). The molecular formula is C24H21ClN4O3. The molecular weight excluding hydrogens is 428 g/mol. The van der Waals surface area contributed by atoms with Gasteiger partial charge >= 0.3 is 0 Å². The molecule has 0 atom stereocenters. The Labute approximate surface area is 190 Å². The van der Waals surface area contributed by atoms with Crippen LogP contribution in [0.15, 0.2) is 77.6 Å². The molecule has 4 aromatic rings. The highest BCUT2D eigenvalue weighted by Crippen LogP contribution is 2.25. The van der Waals surface area contributed by atoms with Crippen LogP contribution in [0.1, 0.15) is 25.3 Å². The minimum atomic E-state index is -1.11. The molecule has 7 nitrogen and oxygen atoms in total. The molecule has 0 spiro atoms. The smallest absolute Gasteiger partial charge is 0.267 e. The molecule has 1 N–H and O–H groups in total. The molecule has 162 valence electrons. The summed E-state index contributed by atoms with van der Waals surface area (Å²) >= 11 is 5.92. The van der Waals surface area contributed by atoms with Crippen LogP contribution in [-0.4, -0.2) is 26.6 Å². The number of carbonyl (C=O) groups is 1. The Morgan fingerprint density at radius 3 is 2.53 bits per heavy atom. The van der Waals surface area contributed by atoms with Crippen molar-refractivity contribution >= 4 is 23.2 Å². The van der Waals surface area contributed by atoms with Crippen molar-refractivity contribution in [2.45, 2.75) is 25.9 Å². The molecule has 0 bridgehead atoms. The molecule has 0 unspecified atom stereocenters. The van der Waals surface area contributed by atoms with Crippen LogP contribution in [0.5, 0.6) is 5.75 Å². The Morgan fingerprint density at radius 1 is 1.06 bits per heavy atom. The van der Waals surface area contributed by atoms with Gasteiger partial charge in [-0.1, -0.05) is 35.0 Å². The van der Waals surface area contributed by atoms with E-state index in [4.69, 9.17) is 20.9 Å². The number of hydrogen-bond donors (Lipinski definition) is 1. The largest absolute Gasteiger partial charge is 0.478 e. The van der Waals surface area contributed by atoms with Crippen LogP contribution >= 0.6 is 11.6 Å². The van der Waals surface area contributed by atoms with Crippen molar-refractivity contribution in [3.8, 4) is 17.1 Å². The molecule has 1 amide bonds. The van der Waals surface area contributed by atoms with Crippen LogP contribution in [-0.2, 0) is 11.2 Å². The van der Waals surface area contributed by atoms with Crippen molar-refractivity contribution in [1.82, 2.24) is 15.1 Å². The Morgan fingerprint density at radius 2 is 1.78 bits per heavy atom. The minimum absolute atomic E-state index is 0.289. The lowest BCUT2D eigenvalue weighted by atomic mass is 10.1. The van der Waals surface area contributed by atoms with Crippen molar-refractivity contribution in [2.75, 3.05) is 5.32 Å². The first-order valence-electron chi connectivity index (χ1n) is 9.98. The normalized spacial score (nSPS) is 11.2. The van der Waals surface area contributed by atoms with Crippen LogP contribution in [0.3, 0.4) is 0 Å². The van der Waals surface area contributed by atoms with Gasteiger partial charge in [0, 0.05) is 28.7 Å². The predicted octanol–water partition coefficient (Wildman–Crippen LogP) is 5.17. The zero-order valence-electron chi connectivity index (χ0n) is 17.6. The number of carbonyl (C=O) groups excluding carboxylic acids is 1. The molecule has 2 aromatic heterocycles. The molecule has 0 aliphatic heterocycles. The van der Waals surface area contributed by atoms with E-state index in [0.717, 1.165) is 11.1 Å². The highest BCUT2D eigenvalue weighted by molar-refractivity contribution is 6.30. The summed E-state index contributed by atoms with van der Waals surface area (Å²) < 4.78 is 11.3. The Kier molecular flexibility index (Phi) is 6.18. The van der Waals surface area contributed by atoms with E-state index in [0.29, 0.717) is 34.6 Å². The number of nitrogens with zero attached hydrogens (tertiary/aromatic N) is 3. The van der Waals surface area contributed by atoms with Crippen molar-refractivity contribution in [3.05, 3.63) is 89.5 Å². The predicted molar refractivity (Wildman–Crippen MR) is 122 cm³/mol. The molecule has 32 heavy (non-hydrogen) atoms. The first-order valence-corrected chi connectivity index (χ1v) is 10.4. The summed E-state index contributed by atoms with van der Waals surface area (Å²) in [7, 11) is 0. The molecule has 0 saturated heterocycles. The zero-order valence-corrected chi connectivity index (χ0v) is 18.3. The molecule has 8 heteroatoms. The number of para-hydroxylation sites is 1. The second-order valence-electron chi connectivity index (χ2n) is 7.60. The number of benzene rings is 2. The van der Waals surface area contributed by atoms with E-state index in [-0.39, 0.29) is 5.91 Å². The van der Waals surface area contributed by atoms with Crippen molar-refractivity contribution < 1.29 is 14.1 Å². The number of aromatic nitrogens is 3. The molecule has 0 saturated carbocycles. The van der Waals surface area contributed by atoms with Gasteiger partial charge in [-0.15, -0.1) is 0 Å². The van der Waals surface area contributed by atoms with E-state index in [1.165, 1.54) is 0 Å². The number of rotatable bonds is 7. The van der Waals surface area contributed by atoms with Gasteiger partial charge in [0.1, 0.15) is 5.75 Å². The average Bonchev–Trinajstić information content (AvgIpc) is 3.26. The summed E-state index contributed by atoms with van der Waals surface area (Å²) in [6.07, 6.45) is 3.71. The second-order valence-corrected chi connectivity index (χ2v) is 8.04. The van der Waals surface area contributed by atoms with Gasteiger partial charge in [0.15, 0.2) is 5.60 Å². The van der Waals surface area contributed by atoms with Crippen molar-refractivity contribution in [2.24, 2.45) is 0 Å². The summed E-state index contributed by atoms with van der Waals surface area (Å²) in [5, 5.41) is 7.59. The van der Waals surface area contributed by atoms with Crippen LogP contribution in [0, 0.1) is 0 Å². The lowest BCUT2D eigenvalue weighted by Crippen LogP contribution is -2.42. The fraction of sp³-hybridized carbons (Fsp3) is 0.167. The Hall–Kier alpha value is -3.71. The van der Waals surface area contributed by atoms with Crippen LogP contribution in [0.25, 0.3) is 11.4 Å². The molecule has 0 aliphatic rings. The number of halogens is 1. The zero-order chi connectivity index (χ0) is 22.6. The standard InChI is InChI=1S/C24H21ClN4O3/c1-24(2,31-19-9-7-18(25)8-10-19)23(30)27-20-6-4-3-5-17(20)15-21-28-22(29-32-21)16-11-13-26-14-12-16/h3-14H,15H2,1-2H3,(H,27,30). The van der Waals surface area contributed by atoms with E-state index in [9.17, 15) is 4.79 Å². The topological polar surface area (TPSA) is 90.1 Å².